The maximum Gasteiger partial charge on any atom is 0.151 e. The lowest BCUT2D eigenvalue weighted by Gasteiger charge is -2.37. The van der Waals surface area contributed by atoms with Crippen LogP contribution in [-0.4, -0.2) is 5.78 Å². The Morgan fingerprint density at radius 1 is 0.739 bits per heavy atom. The van der Waals surface area contributed by atoms with E-state index in [2.05, 4.69) is 81.5 Å². The second-order valence-corrected chi connectivity index (χ2v) is 6.94. The lowest BCUT2D eigenvalue weighted by Crippen LogP contribution is -2.91. The number of piperidine rings is 1. The fourth-order valence-electron chi connectivity index (χ4n) is 3.99. The fraction of sp³-hybridized carbons (Fsp3) is 0.381. The van der Waals surface area contributed by atoms with Gasteiger partial charge in [-0.3, -0.25) is 4.79 Å². The number of hydrogen-bond donors (Lipinski definition) is 1. The second-order valence-electron chi connectivity index (χ2n) is 6.94. The number of rotatable bonds is 2. The average molecular weight is 308 g/mol. The highest BCUT2D eigenvalue weighted by atomic mass is 16.1. The van der Waals surface area contributed by atoms with Crippen molar-refractivity contribution in [3.05, 3.63) is 70.8 Å². The van der Waals surface area contributed by atoms with E-state index in [0.29, 0.717) is 5.78 Å². The average Bonchev–Trinajstić information content (AvgIpc) is 2.55. The maximum atomic E-state index is 12.9. The highest BCUT2D eigenvalue weighted by Crippen LogP contribution is 2.34. The van der Waals surface area contributed by atoms with Crippen LogP contribution < -0.4 is 5.32 Å². The van der Waals surface area contributed by atoms with Gasteiger partial charge >= 0.3 is 0 Å². The Balaban J connectivity index is 2.02. The third-order valence-corrected chi connectivity index (χ3v) is 5.48. The van der Waals surface area contributed by atoms with Gasteiger partial charge in [-0.15, -0.1) is 0 Å². The third kappa shape index (κ3) is 2.84. The Morgan fingerprint density at radius 3 is 1.52 bits per heavy atom. The van der Waals surface area contributed by atoms with E-state index in [1.165, 1.54) is 22.3 Å². The van der Waals surface area contributed by atoms with Crippen molar-refractivity contribution < 1.29 is 10.1 Å². The summed E-state index contributed by atoms with van der Waals surface area (Å²) in [4.78, 5) is 12.9. The molecule has 1 fully saturated rings. The first-order valence-corrected chi connectivity index (χ1v) is 8.50. The van der Waals surface area contributed by atoms with Crippen LogP contribution in [0.1, 0.15) is 48.2 Å². The minimum Gasteiger partial charge on any atom is -0.333 e. The van der Waals surface area contributed by atoms with Gasteiger partial charge in [0.1, 0.15) is 12.1 Å². The molecule has 0 amide bonds. The molecule has 0 aromatic heterocycles. The molecule has 23 heavy (non-hydrogen) atoms. The zero-order valence-electron chi connectivity index (χ0n) is 14.4. The zero-order valence-corrected chi connectivity index (χ0v) is 14.4. The molecular weight excluding hydrogens is 282 g/mol. The monoisotopic (exact) mass is 308 g/mol. The van der Waals surface area contributed by atoms with Gasteiger partial charge in [-0.25, -0.2) is 0 Å². The molecule has 120 valence electrons. The van der Waals surface area contributed by atoms with Crippen LogP contribution in [0.15, 0.2) is 48.5 Å². The van der Waals surface area contributed by atoms with E-state index in [-0.39, 0.29) is 23.9 Å². The summed E-state index contributed by atoms with van der Waals surface area (Å²) in [5, 5.41) is 2.42. The molecule has 2 heteroatoms. The van der Waals surface area contributed by atoms with Crippen molar-refractivity contribution in [2.24, 2.45) is 11.8 Å². The standard InChI is InChI=1S/C21H25NO/c1-13-9-5-7-11-17(13)19-15(3)21(23)16(4)20(22-19)18-12-8-6-10-14(18)2/h5-12,15-16,19-20,22H,1-4H3/p+1/t15-,16-,19-,20-/m1/s1. The molecule has 0 bridgehead atoms. The predicted octanol–water partition coefficient (Wildman–Crippen LogP) is 3.50. The lowest BCUT2D eigenvalue weighted by atomic mass is 9.75. The molecule has 1 aliphatic rings. The molecule has 3 rings (SSSR count). The summed E-state index contributed by atoms with van der Waals surface area (Å²) < 4.78 is 0. The Bertz CT molecular complexity index is 662. The summed E-state index contributed by atoms with van der Waals surface area (Å²) in [5.74, 6) is 0.478. The normalized spacial score (nSPS) is 27.9. The summed E-state index contributed by atoms with van der Waals surface area (Å²) in [6, 6.07) is 17.3. The highest BCUT2D eigenvalue weighted by Gasteiger charge is 2.44. The molecule has 0 saturated carbocycles. The molecule has 4 atom stereocenters. The summed E-state index contributed by atoms with van der Waals surface area (Å²) in [5.41, 5.74) is 5.12. The lowest BCUT2D eigenvalue weighted by molar-refractivity contribution is -0.748. The van der Waals surface area contributed by atoms with E-state index < -0.39 is 0 Å². The van der Waals surface area contributed by atoms with Crippen molar-refractivity contribution in [3.8, 4) is 0 Å². The number of carbonyl (C=O) groups excluding carboxylic acids is 1. The SMILES string of the molecule is Cc1ccccc1[C@@H]1[NH2+][C@@H](c2ccccc2C)[C@@H](C)C(=O)[C@@H]1C. The zero-order chi connectivity index (χ0) is 16.6. The molecule has 0 spiro atoms. The van der Waals surface area contributed by atoms with Crippen LogP contribution >= 0.6 is 0 Å². The molecule has 2 N–H and O–H groups in total. The first-order chi connectivity index (χ1) is 11.0. The first kappa shape index (κ1) is 15.9. The molecule has 2 aromatic rings. The summed E-state index contributed by atoms with van der Waals surface area (Å²) >= 11 is 0. The van der Waals surface area contributed by atoms with Crippen molar-refractivity contribution in [3.63, 3.8) is 0 Å². The number of aryl methyl sites for hydroxylation is 2. The Morgan fingerprint density at radius 2 is 1.13 bits per heavy atom. The van der Waals surface area contributed by atoms with Crippen molar-refractivity contribution in [1.82, 2.24) is 0 Å². The van der Waals surface area contributed by atoms with Crippen LogP contribution in [0.4, 0.5) is 0 Å². The predicted molar refractivity (Wildman–Crippen MR) is 93.1 cm³/mol. The summed E-state index contributed by atoms with van der Waals surface area (Å²) in [6.07, 6.45) is 0. The number of nitrogens with two attached hydrogens (primary N) is 1. The van der Waals surface area contributed by atoms with Gasteiger partial charge in [0.05, 0.1) is 11.8 Å². The van der Waals surface area contributed by atoms with Crippen molar-refractivity contribution in [1.29, 1.82) is 0 Å². The van der Waals surface area contributed by atoms with Gasteiger partial charge in [0.2, 0.25) is 0 Å². The highest BCUT2D eigenvalue weighted by molar-refractivity contribution is 5.84. The Kier molecular flexibility index (Phi) is 4.36. The third-order valence-electron chi connectivity index (χ3n) is 5.48. The number of ketones is 1. The van der Waals surface area contributed by atoms with Crippen molar-refractivity contribution >= 4 is 5.78 Å². The van der Waals surface area contributed by atoms with Crippen LogP contribution in [0, 0.1) is 25.7 Å². The van der Waals surface area contributed by atoms with Crippen LogP contribution in [0.25, 0.3) is 0 Å². The molecule has 0 radical (unpaired) electrons. The number of quaternary nitrogens is 1. The van der Waals surface area contributed by atoms with E-state index in [1.54, 1.807) is 0 Å². The minimum absolute atomic E-state index is 0.0476. The summed E-state index contributed by atoms with van der Waals surface area (Å²) in [7, 11) is 0. The maximum absolute atomic E-state index is 12.9. The number of Topliss-reactive ketones (excluding diaryl/α,β-unsaturated/α-hetero) is 1. The van der Waals surface area contributed by atoms with Gasteiger partial charge < -0.3 is 5.32 Å². The fourth-order valence-corrected chi connectivity index (χ4v) is 3.99. The molecule has 1 saturated heterocycles. The number of hydrogen-bond acceptors (Lipinski definition) is 1. The molecule has 0 aliphatic carbocycles. The molecule has 2 aromatic carbocycles. The van der Waals surface area contributed by atoms with Gasteiger partial charge in [0.25, 0.3) is 0 Å². The van der Waals surface area contributed by atoms with Crippen LogP contribution in [-0.2, 0) is 4.79 Å². The second kappa shape index (κ2) is 6.29. The van der Waals surface area contributed by atoms with Crippen molar-refractivity contribution in [2.45, 2.75) is 39.8 Å². The quantitative estimate of drug-likeness (QED) is 0.905. The first-order valence-electron chi connectivity index (χ1n) is 8.50. The van der Waals surface area contributed by atoms with Crippen LogP contribution in [0.5, 0.6) is 0 Å². The molecule has 1 aliphatic heterocycles. The molecule has 2 nitrogen and oxygen atoms in total. The number of carbonyl (C=O) groups is 1. The topological polar surface area (TPSA) is 33.7 Å². The molecule has 1 heterocycles. The number of benzene rings is 2. The minimum atomic E-state index is 0.0476. The smallest absolute Gasteiger partial charge is 0.151 e. The van der Waals surface area contributed by atoms with Gasteiger partial charge in [-0.1, -0.05) is 48.5 Å². The van der Waals surface area contributed by atoms with Crippen LogP contribution in [0.3, 0.4) is 0 Å². The Hall–Kier alpha value is -1.93. The van der Waals surface area contributed by atoms with E-state index in [4.69, 9.17) is 0 Å². The Labute approximate surface area is 138 Å². The van der Waals surface area contributed by atoms with E-state index >= 15 is 0 Å². The largest absolute Gasteiger partial charge is 0.333 e. The van der Waals surface area contributed by atoms with Crippen molar-refractivity contribution in [2.75, 3.05) is 0 Å². The van der Waals surface area contributed by atoms with Gasteiger partial charge in [-0.2, -0.15) is 0 Å². The molecule has 0 unspecified atom stereocenters. The van der Waals surface area contributed by atoms with E-state index in [0.717, 1.165) is 0 Å². The molecular formula is C21H26NO+. The van der Waals surface area contributed by atoms with E-state index in [1.807, 2.05) is 0 Å². The van der Waals surface area contributed by atoms with Gasteiger partial charge in [0.15, 0.2) is 5.78 Å². The summed E-state index contributed by atoms with van der Waals surface area (Å²) in [6.45, 7) is 8.45. The van der Waals surface area contributed by atoms with Crippen LogP contribution in [0.2, 0.25) is 0 Å². The van der Waals surface area contributed by atoms with Gasteiger partial charge in [0, 0.05) is 11.1 Å². The van der Waals surface area contributed by atoms with E-state index in [9.17, 15) is 4.79 Å². The van der Waals surface area contributed by atoms with Gasteiger partial charge in [-0.05, 0) is 38.8 Å².